The third kappa shape index (κ3) is 4.47. The lowest BCUT2D eigenvalue weighted by molar-refractivity contribution is 0.429. The molecule has 6 heteroatoms. The summed E-state index contributed by atoms with van der Waals surface area (Å²) in [4.78, 5) is 31.0. The normalized spacial score (nSPS) is 11.7. The molecule has 2 aromatic rings. The monoisotopic (exact) mass is 343 g/mol. The van der Waals surface area contributed by atoms with Gasteiger partial charge < -0.3 is 5.11 Å². The van der Waals surface area contributed by atoms with Crippen molar-refractivity contribution in [3.05, 3.63) is 56.2 Å². The Morgan fingerprint density at radius 1 is 1.16 bits per heavy atom. The predicted octanol–water partition coefficient (Wildman–Crippen LogP) is 2.93. The predicted molar refractivity (Wildman–Crippen MR) is 100 cm³/mol. The number of H-pyrrole nitrogens is 1. The summed E-state index contributed by atoms with van der Waals surface area (Å²) in [6.07, 6.45) is 4.31. The molecule has 0 unspecified atom stereocenters. The van der Waals surface area contributed by atoms with Crippen molar-refractivity contribution < 1.29 is 5.11 Å². The number of hydrogen-bond donors (Lipinski definition) is 2. The molecule has 25 heavy (non-hydrogen) atoms. The molecule has 1 aromatic heterocycles. The summed E-state index contributed by atoms with van der Waals surface area (Å²) >= 11 is 0. The van der Waals surface area contributed by atoms with E-state index in [1.165, 1.54) is 0 Å². The second-order valence-corrected chi connectivity index (χ2v) is 6.16. The molecule has 0 aliphatic heterocycles. The minimum atomic E-state index is -0.675. The Labute approximate surface area is 146 Å². The van der Waals surface area contributed by atoms with E-state index < -0.39 is 11.2 Å². The molecule has 0 aliphatic carbocycles. The first-order valence-corrected chi connectivity index (χ1v) is 8.62. The number of nitrogens with one attached hydrogen (secondary N) is 1. The Bertz CT molecular complexity index is 861. The number of aryl methyl sites for hydroxylation is 1. The number of aromatic hydroxyl groups is 1. The average molecular weight is 343 g/mol. The fourth-order valence-electron chi connectivity index (χ4n) is 2.65. The van der Waals surface area contributed by atoms with Crippen LogP contribution in [0.1, 0.15) is 50.7 Å². The van der Waals surface area contributed by atoms with Gasteiger partial charge in [0.15, 0.2) is 0 Å². The molecule has 0 saturated carbocycles. The zero-order valence-corrected chi connectivity index (χ0v) is 15.0. The van der Waals surface area contributed by atoms with E-state index in [4.69, 9.17) is 0 Å². The van der Waals surface area contributed by atoms with Gasteiger partial charge in [0.2, 0.25) is 5.88 Å². The van der Waals surface area contributed by atoms with Crippen molar-refractivity contribution in [3.63, 3.8) is 0 Å². The Hall–Kier alpha value is -2.63. The van der Waals surface area contributed by atoms with E-state index in [9.17, 15) is 14.7 Å². The zero-order valence-electron chi connectivity index (χ0n) is 15.0. The maximum Gasteiger partial charge on any atom is 0.335 e. The number of benzene rings is 1. The van der Waals surface area contributed by atoms with Crippen molar-refractivity contribution >= 4 is 5.71 Å². The molecule has 0 fully saturated rings. The largest absolute Gasteiger partial charge is 0.493 e. The van der Waals surface area contributed by atoms with Gasteiger partial charge in [0.1, 0.15) is 5.56 Å². The van der Waals surface area contributed by atoms with E-state index in [1.807, 2.05) is 19.1 Å². The van der Waals surface area contributed by atoms with Gasteiger partial charge in [-0.15, -0.1) is 0 Å². The number of nitrogens with zero attached hydrogens (tertiary/aromatic N) is 2. The van der Waals surface area contributed by atoms with E-state index >= 15 is 0 Å². The summed E-state index contributed by atoms with van der Waals surface area (Å²) in [7, 11) is 0. The molecule has 0 bridgehead atoms. The van der Waals surface area contributed by atoms with Crippen LogP contribution in [0.15, 0.2) is 38.8 Å². The standard InChI is InChI=1S/C19H25N3O3/c1-4-5-6-7-12-20-14(3)16-17(23)21-19(25)22(18(16)24)15-10-8-13(2)9-11-15/h8-11,24H,4-7,12H2,1-3H3,(H,21,23,25). The van der Waals surface area contributed by atoms with Crippen molar-refractivity contribution in [2.45, 2.75) is 46.5 Å². The zero-order chi connectivity index (χ0) is 18.4. The van der Waals surface area contributed by atoms with Crippen LogP contribution in [-0.2, 0) is 0 Å². The lowest BCUT2D eigenvalue weighted by Crippen LogP contribution is -2.32. The van der Waals surface area contributed by atoms with Crippen molar-refractivity contribution in [2.24, 2.45) is 4.99 Å². The van der Waals surface area contributed by atoms with Gasteiger partial charge in [0, 0.05) is 12.3 Å². The summed E-state index contributed by atoms with van der Waals surface area (Å²) < 4.78 is 1.09. The topological polar surface area (TPSA) is 87.4 Å². The van der Waals surface area contributed by atoms with E-state index in [1.54, 1.807) is 19.1 Å². The van der Waals surface area contributed by atoms with Gasteiger partial charge in [-0.25, -0.2) is 9.36 Å². The fraction of sp³-hybridized carbons (Fsp3) is 0.421. The molecule has 0 atom stereocenters. The van der Waals surface area contributed by atoms with Crippen molar-refractivity contribution in [1.82, 2.24) is 9.55 Å². The molecular weight excluding hydrogens is 318 g/mol. The van der Waals surface area contributed by atoms with Crippen molar-refractivity contribution in [1.29, 1.82) is 0 Å². The minimum absolute atomic E-state index is 0.0377. The maximum atomic E-state index is 12.2. The van der Waals surface area contributed by atoms with Crippen LogP contribution < -0.4 is 11.2 Å². The van der Waals surface area contributed by atoms with Gasteiger partial charge in [-0.2, -0.15) is 0 Å². The molecular formula is C19H25N3O3. The van der Waals surface area contributed by atoms with Gasteiger partial charge in [0.05, 0.1) is 5.69 Å². The van der Waals surface area contributed by atoms with Crippen LogP contribution >= 0.6 is 0 Å². The van der Waals surface area contributed by atoms with E-state index in [2.05, 4.69) is 16.9 Å². The number of aliphatic imine (C=N–C) groups is 1. The first-order chi connectivity index (χ1) is 12.0. The van der Waals surface area contributed by atoms with Crippen LogP contribution in [-0.4, -0.2) is 26.9 Å². The molecule has 1 aromatic carbocycles. The molecule has 0 amide bonds. The smallest absolute Gasteiger partial charge is 0.335 e. The van der Waals surface area contributed by atoms with Crippen LogP contribution in [0.5, 0.6) is 5.88 Å². The molecule has 134 valence electrons. The number of unbranched alkanes of at least 4 members (excludes halogenated alkanes) is 3. The lowest BCUT2D eigenvalue weighted by atomic mass is 10.2. The Morgan fingerprint density at radius 3 is 2.48 bits per heavy atom. The van der Waals surface area contributed by atoms with Gasteiger partial charge in [-0.3, -0.25) is 14.8 Å². The van der Waals surface area contributed by atoms with E-state index in [0.29, 0.717) is 17.9 Å². The second-order valence-electron chi connectivity index (χ2n) is 6.16. The summed E-state index contributed by atoms with van der Waals surface area (Å²) in [6.45, 7) is 6.34. The van der Waals surface area contributed by atoms with E-state index in [-0.39, 0.29) is 11.4 Å². The highest BCUT2D eigenvalue weighted by Crippen LogP contribution is 2.17. The van der Waals surface area contributed by atoms with Crippen LogP contribution in [0.25, 0.3) is 5.69 Å². The number of hydrogen-bond acceptors (Lipinski definition) is 4. The molecule has 0 aliphatic rings. The number of rotatable bonds is 7. The first-order valence-electron chi connectivity index (χ1n) is 8.62. The highest BCUT2D eigenvalue weighted by atomic mass is 16.3. The summed E-state index contributed by atoms with van der Waals surface area (Å²) in [6, 6.07) is 7.10. The minimum Gasteiger partial charge on any atom is -0.493 e. The highest BCUT2D eigenvalue weighted by Gasteiger charge is 2.17. The Balaban J connectivity index is 2.41. The maximum absolute atomic E-state index is 12.2. The molecule has 6 nitrogen and oxygen atoms in total. The second kappa shape index (κ2) is 8.46. The van der Waals surface area contributed by atoms with Crippen LogP contribution in [0.4, 0.5) is 0 Å². The van der Waals surface area contributed by atoms with E-state index in [0.717, 1.165) is 35.8 Å². The summed E-state index contributed by atoms with van der Waals surface area (Å²) in [5.41, 5.74) is 0.686. The van der Waals surface area contributed by atoms with Gasteiger partial charge >= 0.3 is 5.69 Å². The Kier molecular flexibility index (Phi) is 6.33. The highest BCUT2D eigenvalue weighted by molar-refractivity contribution is 6.00. The van der Waals surface area contributed by atoms with Crippen LogP contribution in [0.3, 0.4) is 0 Å². The van der Waals surface area contributed by atoms with Crippen molar-refractivity contribution in [3.8, 4) is 11.6 Å². The van der Waals surface area contributed by atoms with Crippen LogP contribution in [0.2, 0.25) is 0 Å². The molecule has 2 rings (SSSR count). The van der Waals surface area contributed by atoms with Gasteiger partial charge in [0.25, 0.3) is 5.56 Å². The van der Waals surface area contributed by atoms with Gasteiger partial charge in [-0.1, -0.05) is 43.9 Å². The quantitative estimate of drug-likeness (QED) is 0.598. The average Bonchev–Trinajstić information content (AvgIpc) is 2.56. The summed E-state index contributed by atoms with van der Waals surface area (Å²) in [5.74, 6) is -0.382. The first kappa shape index (κ1) is 18.7. The third-order valence-corrected chi connectivity index (χ3v) is 4.10. The van der Waals surface area contributed by atoms with Crippen molar-refractivity contribution in [2.75, 3.05) is 6.54 Å². The molecule has 0 spiro atoms. The molecule has 1 heterocycles. The lowest BCUT2D eigenvalue weighted by Gasteiger charge is -2.11. The Morgan fingerprint density at radius 2 is 1.84 bits per heavy atom. The summed E-state index contributed by atoms with van der Waals surface area (Å²) in [5, 5.41) is 10.5. The number of aromatic amines is 1. The van der Waals surface area contributed by atoms with Crippen LogP contribution in [0, 0.1) is 6.92 Å². The third-order valence-electron chi connectivity index (χ3n) is 4.10. The number of aromatic nitrogens is 2. The fourth-order valence-corrected chi connectivity index (χ4v) is 2.65. The molecule has 0 saturated heterocycles. The molecule has 0 radical (unpaired) electrons. The molecule has 2 N–H and O–H groups in total. The van der Waals surface area contributed by atoms with Gasteiger partial charge in [-0.05, 0) is 32.4 Å². The SMILES string of the molecule is CCCCCCN=C(C)c1c(O)n(-c2ccc(C)cc2)c(=O)[nH]c1=O.